The van der Waals surface area contributed by atoms with Crippen LogP contribution in [0.3, 0.4) is 0 Å². The van der Waals surface area contributed by atoms with E-state index < -0.39 is 0 Å². The SMILES string of the molecule is CCc1cc(=O)[nH]c(-n2nc(C)cc2NC(=O)CC2CCCC2)n1. The Morgan fingerprint density at radius 2 is 2.12 bits per heavy atom. The molecular formula is C17H23N5O2. The molecule has 7 heteroatoms. The standard InChI is InChI=1S/C17H23N5O2/c1-3-13-10-16(24)20-17(18-13)22-14(8-11(2)21-22)19-15(23)9-12-6-4-5-7-12/h8,10,12H,3-7,9H2,1-2H3,(H,19,23)(H,18,20,24). The van der Waals surface area contributed by atoms with Gasteiger partial charge in [-0.15, -0.1) is 0 Å². The summed E-state index contributed by atoms with van der Waals surface area (Å²) in [5.41, 5.74) is 1.20. The van der Waals surface area contributed by atoms with Crippen LogP contribution < -0.4 is 10.9 Å². The number of aryl methyl sites for hydroxylation is 2. The second-order valence-electron chi connectivity index (χ2n) is 6.40. The summed E-state index contributed by atoms with van der Waals surface area (Å²) in [6.45, 7) is 3.77. The smallest absolute Gasteiger partial charge is 0.252 e. The molecule has 0 bridgehead atoms. The number of nitrogens with one attached hydrogen (secondary N) is 2. The molecule has 128 valence electrons. The van der Waals surface area contributed by atoms with Gasteiger partial charge in [0.2, 0.25) is 11.9 Å². The molecule has 0 radical (unpaired) electrons. The lowest BCUT2D eigenvalue weighted by atomic mass is 10.0. The Hall–Kier alpha value is -2.44. The summed E-state index contributed by atoms with van der Waals surface area (Å²) in [5, 5.41) is 7.26. The fourth-order valence-corrected chi connectivity index (χ4v) is 3.20. The van der Waals surface area contributed by atoms with Gasteiger partial charge in [0.25, 0.3) is 5.56 Å². The van der Waals surface area contributed by atoms with E-state index >= 15 is 0 Å². The molecule has 0 atom stereocenters. The highest BCUT2D eigenvalue weighted by atomic mass is 16.1. The molecule has 1 fully saturated rings. The monoisotopic (exact) mass is 329 g/mol. The lowest BCUT2D eigenvalue weighted by Crippen LogP contribution is -2.20. The highest BCUT2D eigenvalue weighted by molar-refractivity contribution is 5.90. The molecule has 2 aromatic rings. The van der Waals surface area contributed by atoms with Crippen molar-refractivity contribution in [2.24, 2.45) is 5.92 Å². The van der Waals surface area contributed by atoms with Gasteiger partial charge in [0.1, 0.15) is 5.82 Å². The van der Waals surface area contributed by atoms with Gasteiger partial charge in [0, 0.05) is 24.2 Å². The van der Waals surface area contributed by atoms with Crippen LogP contribution in [0.25, 0.3) is 5.95 Å². The quantitative estimate of drug-likeness (QED) is 0.880. The van der Waals surface area contributed by atoms with Crippen LogP contribution in [0.5, 0.6) is 0 Å². The van der Waals surface area contributed by atoms with E-state index in [1.54, 1.807) is 6.07 Å². The molecule has 1 amide bonds. The minimum atomic E-state index is -0.228. The summed E-state index contributed by atoms with van der Waals surface area (Å²) in [7, 11) is 0. The summed E-state index contributed by atoms with van der Waals surface area (Å²) >= 11 is 0. The van der Waals surface area contributed by atoms with Crippen LogP contribution in [0.15, 0.2) is 16.9 Å². The Labute approximate surface area is 140 Å². The fraction of sp³-hybridized carbons (Fsp3) is 0.529. The summed E-state index contributed by atoms with van der Waals surface area (Å²) in [4.78, 5) is 31.2. The molecule has 3 rings (SSSR count). The average Bonchev–Trinajstić information content (AvgIpc) is 3.16. The third-order valence-electron chi connectivity index (χ3n) is 4.39. The van der Waals surface area contributed by atoms with Gasteiger partial charge in [0.15, 0.2) is 0 Å². The van der Waals surface area contributed by atoms with Crippen molar-refractivity contribution in [3.63, 3.8) is 0 Å². The van der Waals surface area contributed by atoms with Crippen LogP contribution in [0.4, 0.5) is 5.82 Å². The van der Waals surface area contributed by atoms with Crippen molar-refractivity contribution < 1.29 is 4.79 Å². The number of hydrogen-bond acceptors (Lipinski definition) is 4. The van der Waals surface area contributed by atoms with Crippen LogP contribution in [0.1, 0.15) is 50.4 Å². The number of amides is 1. The Morgan fingerprint density at radius 3 is 2.83 bits per heavy atom. The molecule has 24 heavy (non-hydrogen) atoms. The first-order chi connectivity index (χ1) is 11.5. The van der Waals surface area contributed by atoms with E-state index in [1.807, 2.05) is 13.8 Å². The topological polar surface area (TPSA) is 92.7 Å². The van der Waals surface area contributed by atoms with Gasteiger partial charge in [-0.25, -0.2) is 4.98 Å². The van der Waals surface area contributed by atoms with Gasteiger partial charge in [-0.1, -0.05) is 19.8 Å². The molecular weight excluding hydrogens is 306 g/mol. The molecule has 0 saturated heterocycles. The zero-order valence-electron chi connectivity index (χ0n) is 14.1. The van der Waals surface area contributed by atoms with E-state index in [4.69, 9.17) is 0 Å². The Kier molecular flexibility index (Phi) is 4.78. The van der Waals surface area contributed by atoms with E-state index in [9.17, 15) is 9.59 Å². The van der Waals surface area contributed by atoms with Crippen molar-refractivity contribution in [1.29, 1.82) is 0 Å². The van der Waals surface area contributed by atoms with Gasteiger partial charge >= 0.3 is 0 Å². The largest absolute Gasteiger partial charge is 0.310 e. The second kappa shape index (κ2) is 6.98. The first-order valence-corrected chi connectivity index (χ1v) is 8.52. The zero-order valence-corrected chi connectivity index (χ0v) is 14.1. The second-order valence-corrected chi connectivity index (χ2v) is 6.40. The number of anilines is 1. The van der Waals surface area contributed by atoms with Crippen molar-refractivity contribution in [3.05, 3.63) is 33.9 Å². The van der Waals surface area contributed by atoms with Gasteiger partial charge < -0.3 is 5.32 Å². The number of aromatic nitrogens is 4. The van der Waals surface area contributed by atoms with Gasteiger partial charge in [0.05, 0.1) is 5.69 Å². The fourth-order valence-electron chi connectivity index (χ4n) is 3.20. The molecule has 0 aliphatic heterocycles. The molecule has 2 N–H and O–H groups in total. The van der Waals surface area contributed by atoms with Gasteiger partial charge in [-0.05, 0) is 32.1 Å². The van der Waals surface area contributed by atoms with Crippen molar-refractivity contribution in [2.45, 2.75) is 52.4 Å². The summed E-state index contributed by atoms with van der Waals surface area (Å²) in [6, 6.07) is 3.25. The number of H-pyrrole nitrogens is 1. The average molecular weight is 329 g/mol. The zero-order chi connectivity index (χ0) is 17.1. The Bertz CT molecular complexity index is 787. The summed E-state index contributed by atoms with van der Waals surface area (Å²) in [6.07, 6.45) is 5.86. The molecule has 0 aromatic carbocycles. The predicted octanol–water partition coefficient (Wildman–Crippen LogP) is 2.35. The van der Waals surface area contributed by atoms with Gasteiger partial charge in [-0.3, -0.25) is 14.6 Å². The molecule has 0 unspecified atom stereocenters. The first-order valence-electron chi connectivity index (χ1n) is 8.52. The molecule has 1 aliphatic rings. The minimum Gasteiger partial charge on any atom is -0.310 e. The molecule has 1 saturated carbocycles. The van der Waals surface area contributed by atoms with Crippen LogP contribution in [0, 0.1) is 12.8 Å². The third kappa shape index (κ3) is 3.72. The number of hydrogen-bond donors (Lipinski definition) is 2. The van der Waals surface area contributed by atoms with Crippen molar-refractivity contribution in [3.8, 4) is 5.95 Å². The summed E-state index contributed by atoms with van der Waals surface area (Å²) < 4.78 is 1.49. The van der Waals surface area contributed by atoms with Crippen LogP contribution in [-0.2, 0) is 11.2 Å². The third-order valence-corrected chi connectivity index (χ3v) is 4.39. The number of carbonyl (C=O) groups is 1. The Balaban J connectivity index is 1.83. The maximum Gasteiger partial charge on any atom is 0.252 e. The maximum absolute atomic E-state index is 12.3. The van der Waals surface area contributed by atoms with Crippen molar-refractivity contribution in [2.75, 3.05) is 5.32 Å². The molecule has 2 aromatic heterocycles. The molecule has 2 heterocycles. The minimum absolute atomic E-state index is 0.0166. The van der Waals surface area contributed by atoms with E-state index in [2.05, 4.69) is 20.4 Å². The number of aromatic amines is 1. The molecule has 1 aliphatic carbocycles. The van der Waals surface area contributed by atoms with Crippen molar-refractivity contribution >= 4 is 11.7 Å². The number of nitrogens with zero attached hydrogens (tertiary/aromatic N) is 3. The van der Waals surface area contributed by atoms with E-state index in [0.717, 1.165) is 18.5 Å². The summed E-state index contributed by atoms with van der Waals surface area (Å²) in [5.74, 6) is 1.32. The first kappa shape index (κ1) is 16.4. The lowest BCUT2D eigenvalue weighted by Gasteiger charge is -2.11. The van der Waals surface area contributed by atoms with E-state index in [0.29, 0.717) is 36.2 Å². The van der Waals surface area contributed by atoms with Crippen LogP contribution >= 0.6 is 0 Å². The van der Waals surface area contributed by atoms with Crippen LogP contribution in [0.2, 0.25) is 0 Å². The van der Waals surface area contributed by atoms with Crippen LogP contribution in [-0.4, -0.2) is 25.7 Å². The predicted molar refractivity (Wildman–Crippen MR) is 91.3 cm³/mol. The highest BCUT2D eigenvalue weighted by Gasteiger charge is 2.20. The van der Waals surface area contributed by atoms with Crippen molar-refractivity contribution in [1.82, 2.24) is 19.7 Å². The Morgan fingerprint density at radius 1 is 1.38 bits per heavy atom. The van der Waals surface area contributed by atoms with Gasteiger partial charge in [-0.2, -0.15) is 9.78 Å². The number of rotatable bonds is 5. The van der Waals surface area contributed by atoms with E-state index in [-0.39, 0.29) is 11.5 Å². The number of carbonyl (C=O) groups excluding carboxylic acids is 1. The molecule has 7 nitrogen and oxygen atoms in total. The highest BCUT2D eigenvalue weighted by Crippen LogP contribution is 2.28. The lowest BCUT2D eigenvalue weighted by molar-refractivity contribution is -0.117. The normalized spacial score (nSPS) is 14.9. The van der Waals surface area contributed by atoms with E-state index in [1.165, 1.54) is 23.6 Å². The maximum atomic E-state index is 12.3. The molecule has 0 spiro atoms.